The Bertz CT molecular complexity index is 1700. The molecule has 0 aliphatic rings. The second-order valence-electron chi connectivity index (χ2n) is 9.93. The van der Waals surface area contributed by atoms with Gasteiger partial charge in [0, 0.05) is 29.3 Å². The van der Waals surface area contributed by atoms with Crippen LogP contribution in [-0.2, 0) is 11.8 Å². The van der Waals surface area contributed by atoms with E-state index in [4.69, 9.17) is 10.7 Å². The van der Waals surface area contributed by atoms with Crippen molar-refractivity contribution in [1.29, 1.82) is 0 Å². The summed E-state index contributed by atoms with van der Waals surface area (Å²) in [7, 11) is 0. The molecule has 0 spiro atoms. The molecule has 2 aromatic carbocycles. The van der Waals surface area contributed by atoms with Gasteiger partial charge in [-0.2, -0.15) is 0 Å². The Balaban J connectivity index is 1.69. The Hall–Kier alpha value is -4.26. The highest BCUT2D eigenvalue weighted by Crippen LogP contribution is 2.34. The van der Waals surface area contributed by atoms with Crippen molar-refractivity contribution in [2.45, 2.75) is 39.5 Å². The number of pyridine rings is 2. The predicted octanol–water partition coefficient (Wildman–Crippen LogP) is 5.73. The van der Waals surface area contributed by atoms with E-state index in [2.05, 4.69) is 94.3 Å². The van der Waals surface area contributed by atoms with E-state index in [-0.39, 0.29) is 5.41 Å². The van der Waals surface area contributed by atoms with E-state index >= 15 is 0 Å². The van der Waals surface area contributed by atoms with Gasteiger partial charge in [-0.1, -0.05) is 45.9 Å². The maximum absolute atomic E-state index is 5.81. The van der Waals surface area contributed by atoms with Crippen LogP contribution in [0.2, 0.25) is 0 Å². The second-order valence-corrected chi connectivity index (χ2v) is 9.93. The molecule has 0 unspecified atom stereocenters. The summed E-state index contributed by atoms with van der Waals surface area (Å²) in [5.41, 5.74) is 13.2. The third kappa shape index (κ3) is 3.34. The number of fused-ring (bicyclic) bond motifs is 5. The topological polar surface area (TPSA) is 86.9 Å². The van der Waals surface area contributed by atoms with Gasteiger partial charge in [0.2, 0.25) is 5.78 Å². The van der Waals surface area contributed by atoms with Crippen LogP contribution in [0.1, 0.15) is 39.1 Å². The Morgan fingerprint density at radius 1 is 0.857 bits per heavy atom. The van der Waals surface area contributed by atoms with E-state index in [1.165, 1.54) is 5.56 Å². The Morgan fingerprint density at radius 2 is 1.63 bits per heavy atom. The highest BCUT2D eigenvalue weighted by Gasteiger charge is 2.21. The molecule has 174 valence electrons. The largest absolute Gasteiger partial charge is 0.384 e. The second kappa shape index (κ2) is 7.63. The van der Waals surface area contributed by atoms with Crippen molar-refractivity contribution in [2.24, 2.45) is 0 Å². The first-order valence-corrected chi connectivity index (χ1v) is 11.8. The third-order valence-electron chi connectivity index (χ3n) is 6.63. The molecule has 35 heavy (non-hydrogen) atoms. The first-order valence-electron chi connectivity index (χ1n) is 11.8. The summed E-state index contributed by atoms with van der Waals surface area (Å²) >= 11 is 0. The Labute approximate surface area is 203 Å². The number of nitrogens with zero attached hydrogens (tertiary/aromatic N) is 6. The molecule has 7 nitrogen and oxygen atoms in total. The fourth-order valence-corrected chi connectivity index (χ4v) is 4.71. The summed E-state index contributed by atoms with van der Waals surface area (Å²) in [6.45, 7) is 8.77. The maximum Gasteiger partial charge on any atom is 0.241 e. The molecule has 4 aromatic heterocycles. The van der Waals surface area contributed by atoms with E-state index in [9.17, 15) is 0 Å². The van der Waals surface area contributed by atoms with Gasteiger partial charge < -0.3 is 5.73 Å². The molecule has 2 N–H and O–H groups in total. The van der Waals surface area contributed by atoms with Crippen LogP contribution in [-0.4, -0.2) is 29.1 Å². The first kappa shape index (κ1) is 21.3. The molecule has 0 amide bonds. The quantitative estimate of drug-likeness (QED) is 0.364. The number of hydrogen-bond donors (Lipinski definition) is 1. The van der Waals surface area contributed by atoms with Crippen molar-refractivity contribution < 1.29 is 0 Å². The van der Waals surface area contributed by atoms with Crippen LogP contribution in [0.15, 0.2) is 67.0 Å². The van der Waals surface area contributed by atoms with E-state index in [0.29, 0.717) is 5.82 Å². The average molecular weight is 462 g/mol. The summed E-state index contributed by atoms with van der Waals surface area (Å²) in [5, 5.41) is 10.1. The highest BCUT2D eigenvalue weighted by molar-refractivity contribution is 6.06. The van der Waals surface area contributed by atoms with Crippen molar-refractivity contribution in [3.63, 3.8) is 0 Å². The zero-order chi connectivity index (χ0) is 24.3. The minimum atomic E-state index is 0.0789. The number of nitrogens with two attached hydrogens (primary N) is 1. The highest BCUT2D eigenvalue weighted by atomic mass is 15.3. The summed E-state index contributed by atoms with van der Waals surface area (Å²) < 4.78 is 4.32. The lowest BCUT2D eigenvalue weighted by molar-refractivity contribution is 0.590. The van der Waals surface area contributed by atoms with Crippen LogP contribution in [0.3, 0.4) is 0 Å². The number of anilines is 1. The normalized spacial score (nSPS) is 12.2. The van der Waals surface area contributed by atoms with E-state index in [0.717, 1.165) is 56.8 Å². The van der Waals surface area contributed by atoms with E-state index in [1.807, 2.05) is 18.3 Å². The molecule has 7 heteroatoms. The molecule has 4 heterocycles. The molecule has 0 atom stereocenters. The van der Waals surface area contributed by atoms with E-state index < -0.39 is 0 Å². The number of nitrogen functional groups attached to an aromatic ring is 1. The van der Waals surface area contributed by atoms with Gasteiger partial charge in [-0.05, 0) is 52.9 Å². The molecule has 0 fully saturated rings. The fraction of sp³-hybridized carbons (Fsp3) is 0.214. The molecule has 0 saturated heterocycles. The molecular weight excluding hydrogens is 434 g/mol. The van der Waals surface area contributed by atoms with Gasteiger partial charge in [0.25, 0.3) is 0 Å². The van der Waals surface area contributed by atoms with Gasteiger partial charge in [-0.25, -0.2) is 4.98 Å². The molecule has 0 radical (unpaired) electrons. The molecule has 0 aliphatic heterocycles. The van der Waals surface area contributed by atoms with Gasteiger partial charge in [-0.15, -0.1) is 10.2 Å². The lowest BCUT2D eigenvalue weighted by Gasteiger charge is -2.19. The number of imidazole rings is 1. The molecular formula is C28H27N7. The van der Waals surface area contributed by atoms with Crippen molar-refractivity contribution in [3.05, 3.63) is 78.4 Å². The summed E-state index contributed by atoms with van der Waals surface area (Å²) in [6.07, 6.45) is 4.51. The lowest BCUT2D eigenvalue weighted by atomic mass is 9.87. The molecule has 6 rings (SSSR count). The molecule has 0 aliphatic carbocycles. The SMILES string of the molecule is CCc1nnc2n(-c3ccc(C(C)(C)C)cc3)c3c4cc(-c5ccc(N)nc5)ccc4ncc3n12. The van der Waals surface area contributed by atoms with Crippen LogP contribution in [0.5, 0.6) is 0 Å². The third-order valence-corrected chi connectivity index (χ3v) is 6.63. The minimum Gasteiger partial charge on any atom is -0.384 e. The lowest BCUT2D eigenvalue weighted by Crippen LogP contribution is -2.10. The Kier molecular flexibility index (Phi) is 4.64. The summed E-state index contributed by atoms with van der Waals surface area (Å²) in [4.78, 5) is 9.07. The smallest absolute Gasteiger partial charge is 0.241 e. The van der Waals surface area contributed by atoms with Gasteiger partial charge >= 0.3 is 0 Å². The van der Waals surface area contributed by atoms with Gasteiger partial charge in [0.15, 0.2) is 0 Å². The number of hydrogen-bond acceptors (Lipinski definition) is 5. The minimum absolute atomic E-state index is 0.0789. The van der Waals surface area contributed by atoms with Gasteiger partial charge in [0.05, 0.1) is 22.7 Å². The summed E-state index contributed by atoms with van der Waals surface area (Å²) in [5.74, 6) is 2.20. The van der Waals surface area contributed by atoms with Crippen molar-refractivity contribution >= 4 is 33.5 Å². The van der Waals surface area contributed by atoms with Crippen molar-refractivity contribution in [3.8, 4) is 16.8 Å². The zero-order valence-electron chi connectivity index (χ0n) is 20.3. The number of aromatic nitrogens is 6. The monoisotopic (exact) mass is 461 g/mol. The number of benzene rings is 2. The first-order chi connectivity index (χ1) is 16.8. The average Bonchev–Trinajstić information content (AvgIpc) is 3.42. The Morgan fingerprint density at radius 3 is 2.31 bits per heavy atom. The van der Waals surface area contributed by atoms with Crippen LogP contribution >= 0.6 is 0 Å². The van der Waals surface area contributed by atoms with E-state index in [1.54, 1.807) is 6.20 Å². The van der Waals surface area contributed by atoms with Crippen LogP contribution < -0.4 is 5.73 Å². The predicted molar refractivity (Wildman–Crippen MR) is 141 cm³/mol. The van der Waals surface area contributed by atoms with Crippen LogP contribution in [0.25, 0.3) is 44.5 Å². The standard InChI is InChI=1S/C28H27N7/c1-5-25-32-33-27-34(20-10-8-19(9-11-20)28(2,3)4)26-21-14-17(18-7-13-24(29)31-15-18)6-12-22(21)30-16-23(26)35(25)27/h6-16H,5H2,1-4H3,(H2,29,31). The van der Waals surface area contributed by atoms with Crippen LogP contribution in [0.4, 0.5) is 5.82 Å². The molecule has 6 aromatic rings. The number of aryl methyl sites for hydroxylation is 1. The van der Waals surface area contributed by atoms with Crippen molar-refractivity contribution in [2.75, 3.05) is 5.73 Å². The summed E-state index contributed by atoms with van der Waals surface area (Å²) in [6, 6.07) is 18.9. The van der Waals surface area contributed by atoms with Crippen LogP contribution in [0, 0.1) is 0 Å². The molecule has 0 bridgehead atoms. The molecule has 0 saturated carbocycles. The van der Waals surface area contributed by atoms with Crippen molar-refractivity contribution in [1.82, 2.24) is 29.1 Å². The van der Waals surface area contributed by atoms with Gasteiger partial charge in [0.1, 0.15) is 11.6 Å². The number of rotatable bonds is 3. The maximum atomic E-state index is 5.81. The zero-order valence-corrected chi connectivity index (χ0v) is 20.3. The fourth-order valence-electron chi connectivity index (χ4n) is 4.71. The van der Waals surface area contributed by atoms with Gasteiger partial charge in [-0.3, -0.25) is 14.0 Å².